The second-order valence-corrected chi connectivity index (χ2v) is 6.54. The maximum atomic E-state index is 9.82. The van der Waals surface area contributed by atoms with Crippen LogP contribution in [0, 0.1) is 23.7 Å². The van der Waals surface area contributed by atoms with E-state index < -0.39 is 0 Å². The Morgan fingerprint density at radius 1 is 1.22 bits per heavy atom. The van der Waals surface area contributed by atoms with Crippen LogP contribution in [0.2, 0.25) is 5.02 Å². The zero-order valence-electron chi connectivity index (χ0n) is 10.3. The SMILES string of the molecule is Oc1cccc(Cl)c1CNC1C2C3CCC(C3)C12. The summed E-state index contributed by atoms with van der Waals surface area (Å²) in [4.78, 5) is 0. The van der Waals surface area contributed by atoms with E-state index in [4.69, 9.17) is 11.6 Å². The lowest BCUT2D eigenvalue weighted by Crippen LogP contribution is -2.22. The average molecular weight is 264 g/mol. The predicted octanol–water partition coefficient (Wildman–Crippen LogP) is 3.18. The molecule has 0 amide bonds. The summed E-state index contributed by atoms with van der Waals surface area (Å²) in [6.07, 6.45) is 4.37. The largest absolute Gasteiger partial charge is 0.508 e. The lowest BCUT2D eigenvalue weighted by Gasteiger charge is -2.12. The molecule has 3 fully saturated rings. The first kappa shape index (κ1) is 11.1. The summed E-state index contributed by atoms with van der Waals surface area (Å²) < 4.78 is 0. The standard InChI is InChI=1S/C15H18ClNO/c16-11-2-1-3-12(18)10(11)7-17-15-13-8-4-5-9(6-8)14(13)15/h1-3,8-9,13-15,17-18H,4-7H2. The van der Waals surface area contributed by atoms with Crippen LogP contribution in [-0.2, 0) is 6.54 Å². The molecule has 0 radical (unpaired) electrons. The number of phenols is 1. The van der Waals surface area contributed by atoms with Gasteiger partial charge < -0.3 is 10.4 Å². The van der Waals surface area contributed by atoms with Crippen molar-refractivity contribution in [2.45, 2.75) is 31.8 Å². The van der Waals surface area contributed by atoms with Gasteiger partial charge in [0.1, 0.15) is 5.75 Å². The molecular weight excluding hydrogens is 246 g/mol. The number of halogens is 1. The van der Waals surface area contributed by atoms with Gasteiger partial charge in [-0.1, -0.05) is 17.7 Å². The summed E-state index contributed by atoms with van der Waals surface area (Å²) in [5.74, 6) is 4.13. The van der Waals surface area contributed by atoms with Crippen molar-refractivity contribution >= 4 is 11.6 Å². The van der Waals surface area contributed by atoms with Crippen LogP contribution in [0.25, 0.3) is 0 Å². The van der Waals surface area contributed by atoms with E-state index in [-0.39, 0.29) is 0 Å². The van der Waals surface area contributed by atoms with Crippen molar-refractivity contribution in [2.75, 3.05) is 0 Å². The number of rotatable bonds is 3. The van der Waals surface area contributed by atoms with Gasteiger partial charge in [0, 0.05) is 23.2 Å². The molecule has 3 aliphatic rings. The van der Waals surface area contributed by atoms with Gasteiger partial charge in [0.25, 0.3) is 0 Å². The molecule has 0 spiro atoms. The molecule has 96 valence electrons. The number of aromatic hydroxyl groups is 1. The molecule has 4 rings (SSSR count). The van der Waals surface area contributed by atoms with Crippen LogP contribution < -0.4 is 5.32 Å². The molecule has 0 saturated heterocycles. The minimum atomic E-state index is 0.309. The van der Waals surface area contributed by atoms with E-state index in [1.54, 1.807) is 12.1 Å². The van der Waals surface area contributed by atoms with Crippen molar-refractivity contribution in [3.05, 3.63) is 28.8 Å². The molecular formula is C15H18ClNO. The van der Waals surface area contributed by atoms with Crippen LogP contribution in [0.1, 0.15) is 24.8 Å². The summed E-state index contributed by atoms with van der Waals surface area (Å²) in [7, 11) is 0. The van der Waals surface area contributed by atoms with Crippen molar-refractivity contribution in [3.63, 3.8) is 0 Å². The number of benzene rings is 1. The summed E-state index contributed by atoms with van der Waals surface area (Å²) in [5.41, 5.74) is 0.844. The number of phenolic OH excluding ortho intramolecular Hbond substituents is 1. The fourth-order valence-electron chi connectivity index (χ4n) is 4.54. The van der Waals surface area contributed by atoms with E-state index in [2.05, 4.69) is 5.32 Å². The van der Waals surface area contributed by atoms with Gasteiger partial charge in [-0.2, -0.15) is 0 Å². The molecule has 2 N–H and O–H groups in total. The number of fused-ring (bicyclic) bond motifs is 5. The highest BCUT2D eigenvalue weighted by atomic mass is 35.5. The van der Waals surface area contributed by atoms with Crippen LogP contribution in [0.15, 0.2) is 18.2 Å². The molecule has 4 atom stereocenters. The molecule has 1 aromatic rings. The molecule has 3 heteroatoms. The fourth-order valence-corrected chi connectivity index (χ4v) is 4.78. The first-order valence-corrected chi connectivity index (χ1v) is 7.33. The Balaban J connectivity index is 1.43. The van der Waals surface area contributed by atoms with Gasteiger partial charge in [0.15, 0.2) is 0 Å². The summed E-state index contributed by atoms with van der Waals surface area (Å²) in [5, 5.41) is 14.1. The van der Waals surface area contributed by atoms with Gasteiger partial charge >= 0.3 is 0 Å². The Labute approximate surface area is 112 Å². The second kappa shape index (κ2) is 3.88. The van der Waals surface area contributed by atoms with Crippen LogP contribution in [0.5, 0.6) is 5.75 Å². The Kier molecular flexibility index (Phi) is 2.40. The van der Waals surface area contributed by atoms with Crippen molar-refractivity contribution < 1.29 is 5.11 Å². The Morgan fingerprint density at radius 3 is 2.61 bits per heavy atom. The van der Waals surface area contributed by atoms with Gasteiger partial charge in [-0.3, -0.25) is 0 Å². The minimum Gasteiger partial charge on any atom is -0.508 e. The molecule has 2 nitrogen and oxygen atoms in total. The molecule has 0 heterocycles. The summed E-state index contributed by atoms with van der Waals surface area (Å²) >= 11 is 6.12. The zero-order valence-corrected chi connectivity index (χ0v) is 11.0. The minimum absolute atomic E-state index is 0.309. The van der Waals surface area contributed by atoms with Crippen molar-refractivity contribution in [3.8, 4) is 5.75 Å². The van der Waals surface area contributed by atoms with Crippen LogP contribution in [-0.4, -0.2) is 11.1 Å². The monoisotopic (exact) mass is 263 g/mol. The van der Waals surface area contributed by atoms with Crippen molar-refractivity contribution in [2.24, 2.45) is 23.7 Å². The number of hydrogen-bond acceptors (Lipinski definition) is 2. The molecule has 3 aliphatic carbocycles. The van der Waals surface area contributed by atoms with Gasteiger partial charge in [-0.25, -0.2) is 0 Å². The first-order valence-electron chi connectivity index (χ1n) is 6.95. The van der Waals surface area contributed by atoms with E-state index >= 15 is 0 Å². The van der Waals surface area contributed by atoms with Crippen molar-refractivity contribution in [1.82, 2.24) is 5.32 Å². The lowest BCUT2D eigenvalue weighted by molar-refractivity contribution is 0.445. The Morgan fingerprint density at radius 2 is 1.94 bits per heavy atom. The average Bonchev–Trinajstić information content (AvgIpc) is 2.76. The summed E-state index contributed by atoms with van der Waals surface area (Å²) in [6.45, 7) is 0.697. The molecule has 2 bridgehead atoms. The fraction of sp³-hybridized carbons (Fsp3) is 0.600. The highest BCUT2D eigenvalue weighted by Gasteiger charge is 2.64. The zero-order chi connectivity index (χ0) is 12.3. The number of hydrogen-bond donors (Lipinski definition) is 2. The predicted molar refractivity (Wildman–Crippen MR) is 71.6 cm³/mol. The third kappa shape index (κ3) is 1.52. The van der Waals surface area contributed by atoms with Crippen LogP contribution in [0.4, 0.5) is 0 Å². The maximum Gasteiger partial charge on any atom is 0.121 e. The van der Waals surface area contributed by atoms with Crippen LogP contribution >= 0.6 is 11.6 Å². The molecule has 0 aromatic heterocycles. The number of nitrogens with one attached hydrogen (secondary N) is 1. The van der Waals surface area contributed by atoms with Gasteiger partial charge in [0.05, 0.1) is 0 Å². The topological polar surface area (TPSA) is 32.3 Å². The normalized spacial score (nSPS) is 39.9. The van der Waals surface area contributed by atoms with Crippen molar-refractivity contribution in [1.29, 1.82) is 0 Å². The molecule has 18 heavy (non-hydrogen) atoms. The molecule has 3 saturated carbocycles. The quantitative estimate of drug-likeness (QED) is 0.878. The molecule has 1 aromatic carbocycles. The Bertz CT molecular complexity index is 453. The lowest BCUT2D eigenvalue weighted by atomic mass is 10.0. The Hall–Kier alpha value is -0.730. The summed E-state index contributed by atoms with van der Waals surface area (Å²) in [6, 6.07) is 6.02. The second-order valence-electron chi connectivity index (χ2n) is 6.13. The van der Waals surface area contributed by atoms with E-state index in [0.29, 0.717) is 23.4 Å². The smallest absolute Gasteiger partial charge is 0.121 e. The first-order chi connectivity index (χ1) is 8.75. The van der Waals surface area contributed by atoms with E-state index in [9.17, 15) is 5.11 Å². The highest BCUT2D eigenvalue weighted by Crippen LogP contribution is 2.65. The van der Waals surface area contributed by atoms with Crippen LogP contribution in [0.3, 0.4) is 0 Å². The van der Waals surface area contributed by atoms with E-state index in [1.807, 2.05) is 6.07 Å². The third-order valence-electron chi connectivity index (χ3n) is 5.34. The molecule has 0 aliphatic heterocycles. The van der Waals surface area contributed by atoms with E-state index in [0.717, 1.165) is 29.2 Å². The van der Waals surface area contributed by atoms with Gasteiger partial charge in [-0.15, -0.1) is 0 Å². The van der Waals surface area contributed by atoms with Gasteiger partial charge in [-0.05, 0) is 55.1 Å². The third-order valence-corrected chi connectivity index (χ3v) is 5.70. The maximum absolute atomic E-state index is 9.82. The highest BCUT2D eigenvalue weighted by molar-refractivity contribution is 6.31. The molecule has 4 unspecified atom stereocenters. The van der Waals surface area contributed by atoms with E-state index in [1.165, 1.54) is 19.3 Å². The van der Waals surface area contributed by atoms with Gasteiger partial charge in [0.2, 0.25) is 0 Å².